The standard InChI is InChI=1S/C14H19F6NO5S2/c1-8(2)11(22)21-10-7-5-3-4-6-9(10)12(27(23,24)13(15,16)17)28(25,26)14(18,19)20/h9-10,12H,1,3-7H2,2H3,(H,21,22). The number of carbonyl (C=O) groups is 1. The first kappa shape index (κ1) is 24.7. The summed E-state index contributed by atoms with van der Waals surface area (Å²) in [7, 11) is -13.5. The van der Waals surface area contributed by atoms with Gasteiger partial charge in [0.15, 0.2) is 4.58 Å². The number of alkyl halides is 6. The lowest BCUT2D eigenvalue weighted by Gasteiger charge is -2.33. The molecule has 1 aliphatic carbocycles. The Labute approximate surface area is 158 Å². The van der Waals surface area contributed by atoms with Crippen molar-refractivity contribution in [2.75, 3.05) is 0 Å². The first-order valence-corrected chi connectivity index (χ1v) is 11.1. The van der Waals surface area contributed by atoms with Crippen molar-refractivity contribution in [1.29, 1.82) is 0 Å². The average Bonchev–Trinajstić information content (AvgIpc) is 2.70. The van der Waals surface area contributed by atoms with Gasteiger partial charge < -0.3 is 5.32 Å². The summed E-state index contributed by atoms with van der Waals surface area (Å²) in [5.41, 5.74) is -12.6. The van der Waals surface area contributed by atoms with Crippen LogP contribution in [0, 0.1) is 5.92 Å². The van der Waals surface area contributed by atoms with Gasteiger partial charge in [-0.15, -0.1) is 0 Å². The van der Waals surface area contributed by atoms with Crippen molar-refractivity contribution in [2.24, 2.45) is 5.92 Å². The van der Waals surface area contributed by atoms with Crippen molar-refractivity contribution in [3.8, 4) is 0 Å². The van der Waals surface area contributed by atoms with E-state index in [1.165, 1.54) is 6.92 Å². The fourth-order valence-corrected chi connectivity index (χ4v) is 7.11. The summed E-state index contributed by atoms with van der Waals surface area (Å²) < 4.78 is 122. The molecule has 1 aliphatic rings. The van der Waals surface area contributed by atoms with Crippen LogP contribution in [0.3, 0.4) is 0 Å². The van der Waals surface area contributed by atoms with Crippen LogP contribution in [-0.2, 0) is 24.5 Å². The molecule has 164 valence electrons. The fourth-order valence-electron chi connectivity index (χ4n) is 3.02. The van der Waals surface area contributed by atoms with Crippen molar-refractivity contribution in [3.05, 3.63) is 12.2 Å². The maximum atomic E-state index is 13.1. The predicted octanol–water partition coefficient (Wildman–Crippen LogP) is 2.82. The van der Waals surface area contributed by atoms with E-state index < -0.39 is 59.6 Å². The maximum Gasteiger partial charge on any atom is 0.498 e. The zero-order chi connectivity index (χ0) is 22.1. The Bertz CT molecular complexity index is 772. The Balaban J connectivity index is 3.65. The molecule has 1 saturated carbocycles. The Morgan fingerprint density at radius 2 is 1.36 bits per heavy atom. The molecule has 1 fully saturated rings. The van der Waals surface area contributed by atoms with Gasteiger partial charge in [-0.1, -0.05) is 25.8 Å². The van der Waals surface area contributed by atoms with Crippen LogP contribution in [0.1, 0.15) is 39.0 Å². The summed E-state index contributed by atoms with van der Waals surface area (Å²) in [6, 6.07) is -1.52. The first-order valence-electron chi connectivity index (χ1n) is 8.01. The molecule has 6 nitrogen and oxygen atoms in total. The van der Waals surface area contributed by atoms with Crippen molar-refractivity contribution in [3.63, 3.8) is 0 Å². The second-order valence-corrected chi connectivity index (χ2v) is 10.9. The minimum Gasteiger partial charge on any atom is -0.349 e. The second kappa shape index (κ2) is 8.20. The summed E-state index contributed by atoms with van der Waals surface area (Å²) in [6.45, 7) is 4.50. The summed E-state index contributed by atoms with van der Waals surface area (Å²) in [6.07, 6.45) is -0.165. The number of halogens is 6. The van der Waals surface area contributed by atoms with Crippen molar-refractivity contribution in [2.45, 2.75) is 60.7 Å². The van der Waals surface area contributed by atoms with Crippen LogP contribution in [0.5, 0.6) is 0 Å². The molecule has 14 heteroatoms. The van der Waals surface area contributed by atoms with Crippen LogP contribution in [0.2, 0.25) is 0 Å². The monoisotopic (exact) mass is 459 g/mol. The highest BCUT2D eigenvalue weighted by Gasteiger charge is 2.65. The van der Waals surface area contributed by atoms with E-state index in [0.717, 1.165) is 0 Å². The van der Waals surface area contributed by atoms with Gasteiger partial charge in [0, 0.05) is 17.5 Å². The predicted molar refractivity (Wildman–Crippen MR) is 87.1 cm³/mol. The largest absolute Gasteiger partial charge is 0.498 e. The van der Waals surface area contributed by atoms with E-state index in [0.29, 0.717) is 6.42 Å². The Morgan fingerprint density at radius 1 is 0.929 bits per heavy atom. The van der Waals surface area contributed by atoms with Crippen LogP contribution >= 0.6 is 0 Å². The van der Waals surface area contributed by atoms with Gasteiger partial charge in [0.2, 0.25) is 5.91 Å². The van der Waals surface area contributed by atoms with Crippen LogP contribution < -0.4 is 5.32 Å². The van der Waals surface area contributed by atoms with E-state index in [1.54, 1.807) is 0 Å². The fraction of sp³-hybridized carbons (Fsp3) is 0.786. The molecule has 1 amide bonds. The molecule has 2 atom stereocenters. The zero-order valence-electron chi connectivity index (χ0n) is 14.6. The highest BCUT2D eigenvalue weighted by molar-refractivity contribution is 8.09. The third-order valence-corrected chi connectivity index (χ3v) is 9.11. The van der Waals surface area contributed by atoms with Gasteiger partial charge in [-0.3, -0.25) is 4.79 Å². The molecular weight excluding hydrogens is 440 g/mol. The minimum atomic E-state index is -6.77. The normalized spacial score (nSPS) is 22.6. The molecule has 2 unspecified atom stereocenters. The molecular formula is C14H19F6NO5S2. The Kier molecular flexibility index (Phi) is 7.25. The number of rotatable bonds is 5. The second-order valence-electron chi connectivity index (χ2n) is 6.51. The molecule has 0 saturated heterocycles. The molecule has 0 aromatic rings. The van der Waals surface area contributed by atoms with Gasteiger partial charge in [-0.2, -0.15) is 26.3 Å². The highest BCUT2D eigenvalue weighted by atomic mass is 32.3. The van der Waals surface area contributed by atoms with E-state index in [2.05, 4.69) is 11.9 Å². The van der Waals surface area contributed by atoms with Crippen LogP contribution in [0.4, 0.5) is 26.3 Å². The van der Waals surface area contributed by atoms with E-state index in [4.69, 9.17) is 0 Å². The SMILES string of the molecule is C=C(C)C(=O)NC1CCCCCC1C(S(=O)(=O)C(F)(F)F)S(=O)(=O)C(F)(F)F. The molecule has 0 heterocycles. The van der Waals surface area contributed by atoms with Gasteiger partial charge in [0.05, 0.1) is 0 Å². The van der Waals surface area contributed by atoms with E-state index in [1.807, 2.05) is 0 Å². The smallest absolute Gasteiger partial charge is 0.349 e. The molecule has 0 aromatic carbocycles. The van der Waals surface area contributed by atoms with E-state index in [-0.39, 0.29) is 24.8 Å². The molecule has 0 aromatic heterocycles. The van der Waals surface area contributed by atoms with E-state index >= 15 is 0 Å². The third kappa shape index (κ3) is 4.99. The number of hydrogen-bond donors (Lipinski definition) is 1. The average molecular weight is 459 g/mol. The topological polar surface area (TPSA) is 97.4 Å². The zero-order valence-corrected chi connectivity index (χ0v) is 16.2. The third-order valence-electron chi connectivity index (χ3n) is 4.38. The molecule has 0 spiro atoms. The Morgan fingerprint density at radius 3 is 1.75 bits per heavy atom. The maximum absolute atomic E-state index is 13.1. The molecule has 1 rings (SSSR count). The number of nitrogens with one attached hydrogen (secondary N) is 1. The van der Waals surface area contributed by atoms with Crippen LogP contribution in [-0.4, -0.2) is 44.4 Å². The molecule has 0 bridgehead atoms. The number of amides is 1. The number of sulfone groups is 2. The summed E-state index contributed by atoms with van der Waals surface area (Å²) in [4.78, 5) is 11.8. The quantitative estimate of drug-likeness (QED) is 0.387. The lowest BCUT2D eigenvalue weighted by molar-refractivity contribution is -0.118. The van der Waals surface area contributed by atoms with Gasteiger partial charge in [-0.05, 0) is 19.8 Å². The van der Waals surface area contributed by atoms with Crippen molar-refractivity contribution in [1.82, 2.24) is 5.32 Å². The summed E-state index contributed by atoms with van der Waals surface area (Å²) in [5.74, 6) is -3.06. The lowest BCUT2D eigenvalue weighted by Crippen LogP contribution is -2.54. The van der Waals surface area contributed by atoms with E-state index in [9.17, 15) is 48.0 Å². The molecule has 0 aliphatic heterocycles. The van der Waals surface area contributed by atoms with Crippen LogP contribution in [0.15, 0.2) is 12.2 Å². The van der Waals surface area contributed by atoms with Gasteiger partial charge >= 0.3 is 11.0 Å². The number of hydrogen-bond acceptors (Lipinski definition) is 5. The summed E-state index contributed by atoms with van der Waals surface area (Å²) >= 11 is 0. The molecule has 0 radical (unpaired) electrons. The Hall–Kier alpha value is -1.31. The highest BCUT2D eigenvalue weighted by Crippen LogP contribution is 2.43. The van der Waals surface area contributed by atoms with Gasteiger partial charge in [0.25, 0.3) is 19.7 Å². The van der Waals surface area contributed by atoms with Crippen molar-refractivity contribution >= 4 is 25.6 Å². The van der Waals surface area contributed by atoms with Crippen molar-refractivity contribution < 1.29 is 48.0 Å². The lowest BCUT2D eigenvalue weighted by atomic mass is 9.96. The van der Waals surface area contributed by atoms with Crippen LogP contribution in [0.25, 0.3) is 0 Å². The number of carbonyl (C=O) groups excluding carboxylic acids is 1. The summed E-state index contributed by atoms with van der Waals surface area (Å²) in [5, 5.41) is 2.13. The van der Waals surface area contributed by atoms with Gasteiger partial charge in [0.1, 0.15) is 0 Å². The first-order chi connectivity index (χ1) is 12.4. The molecule has 28 heavy (non-hydrogen) atoms. The van der Waals surface area contributed by atoms with Gasteiger partial charge in [-0.25, -0.2) is 16.8 Å². The molecule has 1 N–H and O–H groups in total. The minimum absolute atomic E-state index is 0.00135.